The monoisotopic (exact) mass is 431 g/mol. The Bertz CT molecular complexity index is 1280. The van der Waals surface area contributed by atoms with Crippen LogP contribution in [0.15, 0.2) is 59.7 Å². The molecule has 3 heterocycles. The SMILES string of the molecule is CCc1ccc[n+](C2=C(c3c(C)[nH]n(-c4ccccc4)c3=O)C(=O)N(CC(C)C)C2=O)c1. The number of amides is 2. The summed E-state index contributed by atoms with van der Waals surface area (Å²) in [6.45, 7) is 7.96. The molecule has 1 aliphatic rings. The van der Waals surface area contributed by atoms with Crippen LogP contribution in [0, 0.1) is 12.8 Å². The van der Waals surface area contributed by atoms with E-state index in [9.17, 15) is 14.4 Å². The first-order chi connectivity index (χ1) is 15.3. The van der Waals surface area contributed by atoms with Gasteiger partial charge in [0.2, 0.25) is 0 Å². The number of rotatable bonds is 6. The van der Waals surface area contributed by atoms with Crippen molar-refractivity contribution in [3.05, 3.63) is 82.0 Å². The molecule has 7 heteroatoms. The summed E-state index contributed by atoms with van der Waals surface area (Å²) in [5.41, 5.74) is 2.43. The van der Waals surface area contributed by atoms with Gasteiger partial charge in [0, 0.05) is 23.9 Å². The predicted molar refractivity (Wildman–Crippen MR) is 122 cm³/mol. The van der Waals surface area contributed by atoms with E-state index in [1.165, 1.54) is 9.58 Å². The van der Waals surface area contributed by atoms with Crippen LogP contribution in [0.4, 0.5) is 0 Å². The third kappa shape index (κ3) is 3.60. The Balaban J connectivity index is 1.97. The van der Waals surface area contributed by atoms with Crippen LogP contribution in [0.1, 0.15) is 37.6 Å². The Hall–Kier alpha value is -3.74. The van der Waals surface area contributed by atoms with Crippen LogP contribution in [0.5, 0.6) is 0 Å². The molecule has 3 aromatic rings. The second-order valence-electron chi connectivity index (χ2n) is 8.40. The van der Waals surface area contributed by atoms with E-state index in [1.807, 2.05) is 69.4 Å². The van der Waals surface area contributed by atoms with Crippen molar-refractivity contribution in [3.8, 4) is 5.69 Å². The lowest BCUT2D eigenvalue weighted by Gasteiger charge is -2.15. The summed E-state index contributed by atoms with van der Waals surface area (Å²) in [5, 5.41) is 3.07. The maximum absolute atomic E-state index is 13.5. The zero-order chi connectivity index (χ0) is 23.0. The number of aromatic amines is 1. The van der Waals surface area contributed by atoms with Crippen LogP contribution in [-0.4, -0.2) is 33.0 Å². The Morgan fingerprint density at radius 1 is 1.00 bits per heavy atom. The van der Waals surface area contributed by atoms with Crippen molar-refractivity contribution >= 4 is 23.1 Å². The minimum Gasteiger partial charge on any atom is -0.295 e. The van der Waals surface area contributed by atoms with Gasteiger partial charge in [-0.2, -0.15) is 4.57 Å². The van der Waals surface area contributed by atoms with Gasteiger partial charge >= 0.3 is 5.91 Å². The Kier molecular flexibility index (Phi) is 5.65. The van der Waals surface area contributed by atoms with E-state index >= 15 is 0 Å². The molecule has 0 atom stereocenters. The van der Waals surface area contributed by atoms with Gasteiger partial charge in [-0.1, -0.05) is 39.0 Å². The van der Waals surface area contributed by atoms with Gasteiger partial charge in [0.15, 0.2) is 12.4 Å². The van der Waals surface area contributed by atoms with Crippen LogP contribution in [0.2, 0.25) is 0 Å². The van der Waals surface area contributed by atoms with Crippen molar-refractivity contribution in [1.82, 2.24) is 14.7 Å². The molecule has 1 aliphatic heterocycles. The number of pyridine rings is 1. The van der Waals surface area contributed by atoms with Crippen molar-refractivity contribution in [3.63, 3.8) is 0 Å². The van der Waals surface area contributed by atoms with Gasteiger partial charge < -0.3 is 0 Å². The van der Waals surface area contributed by atoms with Crippen molar-refractivity contribution < 1.29 is 14.2 Å². The van der Waals surface area contributed by atoms with E-state index < -0.39 is 5.91 Å². The first kappa shape index (κ1) is 21.5. The fourth-order valence-corrected chi connectivity index (χ4v) is 4.03. The summed E-state index contributed by atoms with van der Waals surface area (Å²) in [4.78, 5) is 41.7. The highest BCUT2D eigenvalue weighted by Gasteiger charge is 2.47. The van der Waals surface area contributed by atoms with E-state index in [0.29, 0.717) is 11.4 Å². The number of aryl methyl sites for hydroxylation is 2. The number of para-hydroxylation sites is 1. The summed E-state index contributed by atoms with van der Waals surface area (Å²) >= 11 is 0. The summed E-state index contributed by atoms with van der Waals surface area (Å²) < 4.78 is 3.08. The van der Waals surface area contributed by atoms with E-state index in [1.54, 1.807) is 17.7 Å². The molecule has 0 radical (unpaired) electrons. The van der Waals surface area contributed by atoms with Crippen molar-refractivity contribution in [2.45, 2.75) is 34.1 Å². The molecule has 0 spiro atoms. The van der Waals surface area contributed by atoms with Crippen LogP contribution in [0.3, 0.4) is 0 Å². The number of H-pyrrole nitrogens is 1. The number of nitrogens with one attached hydrogen (secondary N) is 1. The second-order valence-corrected chi connectivity index (χ2v) is 8.40. The van der Waals surface area contributed by atoms with Crippen LogP contribution in [-0.2, 0) is 16.0 Å². The van der Waals surface area contributed by atoms with Crippen molar-refractivity contribution in [1.29, 1.82) is 0 Å². The van der Waals surface area contributed by atoms with Crippen LogP contribution < -0.4 is 10.1 Å². The van der Waals surface area contributed by atoms with Gasteiger partial charge in [-0.25, -0.2) is 4.68 Å². The topological polar surface area (TPSA) is 79.1 Å². The molecule has 4 rings (SSSR count). The van der Waals surface area contributed by atoms with Crippen molar-refractivity contribution in [2.24, 2.45) is 5.92 Å². The van der Waals surface area contributed by atoms with E-state index in [4.69, 9.17) is 0 Å². The number of hydrogen-bond donors (Lipinski definition) is 1. The lowest BCUT2D eigenvalue weighted by molar-refractivity contribution is -0.577. The van der Waals surface area contributed by atoms with Crippen molar-refractivity contribution in [2.75, 3.05) is 6.54 Å². The summed E-state index contributed by atoms with van der Waals surface area (Å²) in [6.07, 6.45) is 4.37. The average molecular weight is 432 g/mol. The van der Waals surface area contributed by atoms with E-state index in [2.05, 4.69) is 5.10 Å². The quantitative estimate of drug-likeness (QED) is 0.482. The minimum atomic E-state index is -0.437. The zero-order valence-corrected chi connectivity index (χ0v) is 18.8. The molecule has 32 heavy (non-hydrogen) atoms. The molecule has 0 unspecified atom stereocenters. The molecule has 0 fully saturated rings. The van der Waals surface area contributed by atoms with Gasteiger partial charge in [-0.3, -0.25) is 24.4 Å². The average Bonchev–Trinajstić information content (AvgIpc) is 3.21. The molecule has 164 valence electrons. The molecule has 0 bridgehead atoms. The molecule has 0 saturated carbocycles. The standard InChI is InChI=1S/C25H26N4O3/c1-5-18-10-9-13-27(15-18)22-21(23(30)28(25(22)32)14-16(2)3)20-17(4)26-29(24(20)31)19-11-7-6-8-12-19/h6-13,15-16H,5,14H2,1-4H3/p+1. The summed E-state index contributed by atoms with van der Waals surface area (Å²) in [5.74, 6) is -0.723. The zero-order valence-electron chi connectivity index (χ0n) is 18.8. The number of carbonyl (C=O) groups excluding carboxylic acids is 2. The largest absolute Gasteiger partial charge is 0.326 e. The van der Waals surface area contributed by atoms with Gasteiger partial charge in [-0.15, -0.1) is 0 Å². The first-order valence-electron chi connectivity index (χ1n) is 10.8. The Morgan fingerprint density at radius 3 is 2.38 bits per heavy atom. The number of benzene rings is 1. The van der Waals surface area contributed by atoms with Gasteiger partial charge in [0.1, 0.15) is 5.57 Å². The number of hydrogen-bond acceptors (Lipinski definition) is 3. The Morgan fingerprint density at radius 2 is 1.72 bits per heavy atom. The molecule has 2 aromatic heterocycles. The molecular weight excluding hydrogens is 404 g/mol. The highest BCUT2D eigenvalue weighted by atomic mass is 16.2. The number of nitrogens with zero attached hydrogens (tertiary/aromatic N) is 3. The molecule has 0 aliphatic carbocycles. The highest BCUT2D eigenvalue weighted by Crippen LogP contribution is 2.30. The fraction of sp³-hybridized carbons (Fsp3) is 0.280. The number of aromatic nitrogens is 3. The fourth-order valence-electron chi connectivity index (χ4n) is 4.03. The smallest absolute Gasteiger partial charge is 0.295 e. The third-order valence-electron chi connectivity index (χ3n) is 5.56. The minimum absolute atomic E-state index is 0.101. The normalized spacial score (nSPS) is 14.2. The lowest BCUT2D eigenvalue weighted by Crippen LogP contribution is -2.41. The Labute approximate surface area is 186 Å². The second kappa shape index (κ2) is 8.42. The number of imide groups is 1. The maximum Gasteiger partial charge on any atom is 0.326 e. The summed E-state index contributed by atoms with van der Waals surface area (Å²) in [7, 11) is 0. The molecule has 1 aromatic carbocycles. The predicted octanol–water partition coefficient (Wildman–Crippen LogP) is 2.72. The molecule has 7 nitrogen and oxygen atoms in total. The maximum atomic E-state index is 13.5. The van der Waals surface area contributed by atoms with Gasteiger partial charge in [0.25, 0.3) is 17.2 Å². The lowest BCUT2D eigenvalue weighted by atomic mass is 10.1. The molecule has 0 saturated heterocycles. The van der Waals surface area contributed by atoms with Gasteiger partial charge in [0.05, 0.1) is 11.3 Å². The molecular formula is C25H27N4O3+. The summed E-state index contributed by atoms with van der Waals surface area (Å²) in [6, 6.07) is 13.0. The molecule has 1 N–H and O–H groups in total. The third-order valence-corrected chi connectivity index (χ3v) is 5.56. The first-order valence-corrected chi connectivity index (χ1v) is 10.8. The van der Waals surface area contributed by atoms with Crippen LogP contribution in [0.25, 0.3) is 17.0 Å². The van der Waals surface area contributed by atoms with Crippen LogP contribution >= 0.6 is 0 Å². The highest BCUT2D eigenvalue weighted by molar-refractivity contribution is 6.44. The van der Waals surface area contributed by atoms with E-state index in [-0.39, 0.29) is 40.8 Å². The number of carbonyl (C=O) groups is 2. The van der Waals surface area contributed by atoms with Gasteiger partial charge in [-0.05, 0) is 37.5 Å². The molecule has 2 amide bonds. The van der Waals surface area contributed by atoms with E-state index in [0.717, 1.165) is 12.0 Å².